The van der Waals surface area contributed by atoms with Crippen molar-refractivity contribution in [3.63, 3.8) is 0 Å². The van der Waals surface area contributed by atoms with Gasteiger partial charge >= 0.3 is 0 Å². The lowest BCUT2D eigenvalue weighted by Crippen LogP contribution is -2.56. The van der Waals surface area contributed by atoms with Crippen LogP contribution < -0.4 is 4.74 Å². The first-order valence-electron chi connectivity index (χ1n) is 5.26. The van der Waals surface area contributed by atoms with Crippen LogP contribution >= 0.6 is 11.6 Å². The smallest absolute Gasteiger partial charge is 0.237 e. The largest absolute Gasteiger partial charge is 0.487 e. The van der Waals surface area contributed by atoms with Crippen molar-refractivity contribution in [1.82, 2.24) is 4.90 Å². The van der Waals surface area contributed by atoms with Gasteiger partial charge < -0.3 is 9.64 Å². The molecule has 1 aromatic rings. The molecule has 1 aliphatic rings. The number of halogens is 1. The third-order valence-electron chi connectivity index (χ3n) is 2.61. The van der Waals surface area contributed by atoms with E-state index < -0.39 is 0 Å². The Kier molecular flexibility index (Phi) is 3.34. The Balaban J connectivity index is 1.84. The Morgan fingerprint density at radius 2 is 2.31 bits per heavy atom. The van der Waals surface area contributed by atoms with E-state index in [1.807, 2.05) is 31.2 Å². The molecular formula is C12H14ClNO2. The molecule has 0 N–H and O–H groups in total. The molecule has 0 bridgehead atoms. The first kappa shape index (κ1) is 11.3. The van der Waals surface area contributed by atoms with Crippen LogP contribution in [0.1, 0.15) is 5.56 Å². The molecule has 1 aromatic carbocycles. The van der Waals surface area contributed by atoms with Gasteiger partial charge in [0.2, 0.25) is 5.91 Å². The second-order valence-corrected chi connectivity index (χ2v) is 4.26. The van der Waals surface area contributed by atoms with Gasteiger partial charge in [-0.1, -0.05) is 12.1 Å². The third kappa shape index (κ3) is 2.47. The highest BCUT2D eigenvalue weighted by Gasteiger charge is 2.31. The fourth-order valence-corrected chi connectivity index (χ4v) is 1.85. The van der Waals surface area contributed by atoms with E-state index in [-0.39, 0.29) is 17.9 Å². The van der Waals surface area contributed by atoms with Crippen LogP contribution in [0.4, 0.5) is 0 Å². The average molecular weight is 240 g/mol. The van der Waals surface area contributed by atoms with E-state index in [1.54, 1.807) is 4.90 Å². The zero-order chi connectivity index (χ0) is 11.5. The van der Waals surface area contributed by atoms with Crippen molar-refractivity contribution < 1.29 is 9.53 Å². The van der Waals surface area contributed by atoms with Crippen LogP contribution in [0.5, 0.6) is 5.75 Å². The highest BCUT2D eigenvalue weighted by Crippen LogP contribution is 2.19. The normalized spacial score (nSPS) is 15.8. The van der Waals surface area contributed by atoms with Crippen LogP contribution in [0.3, 0.4) is 0 Å². The molecule has 0 aliphatic carbocycles. The summed E-state index contributed by atoms with van der Waals surface area (Å²) in [5.74, 6) is 0.894. The summed E-state index contributed by atoms with van der Waals surface area (Å²) in [6.07, 6.45) is 0.106. The van der Waals surface area contributed by atoms with Crippen LogP contribution in [0, 0.1) is 6.92 Å². The predicted octanol–water partition coefficient (Wildman–Crippen LogP) is 1.82. The van der Waals surface area contributed by atoms with Gasteiger partial charge in [-0.2, -0.15) is 0 Å². The standard InChI is InChI=1S/C12H14ClNO2/c1-9-3-2-4-10(5-9)16-11-7-14(8-11)12(15)6-13/h2-5,11H,6-8H2,1H3. The first-order chi connectivity index (χ1) is 7.69. The Labute approximate surface area is 100.0 Å². The van der Waals surface area contributed by atoms with Gasteiger partial charge in [0, 0.05) is 0 Å². The van der Waals surface area contributed by atoms with Gasteiger partial charge in [-0.25, -0.2) is 0 Å². The molecule has 0 aromatic heterocycles. The predicted molar refractivity (Wildman–Crippen MR) is 62.9 cm³/mol. The lowest BCUT2D eigenvalue weighted by molar-refractivity contribution is -0.137. The van der Waals surface area contributed by atoms with Crippen LogP contribution in [0.15, 0.2) is 24.3 Å². The van der Waals surface area contributed by atoms with E-state index in [9.17, 15) is 4.79 Å². The van der Waals surface area contributed by atoms with E-state index in [0.29, 0.717) is 13.1 Å². The molecule has 0 radical (unpaired) electrons. The maximum absolute atomic E-state index is 11.2. The van der Waals surface area contributed by atoms with Crippen molar-refractivity contribution in [3.05, 3.63) is 29.8 Å². The molecule has 16 heavy (non-hydrogen) atoms. The molecule has 4 heteroatoms. The zero-order valence-electron chi connectivity index (χ0n) is 9.15. The molecule has 1 aliphatic heterocycles. The van der Waals surface area contributed by atoms with Crippen LogP contribution in [0.25, 0.3) is 0 Å². The van der Waals surface area contributed by atoms with Crippen molar-refractivity contribution in [3.8, 4) is 5.75 Å². The summed E-state index contributed by atoms with van der Waals surface area (Å²) >= 11 is 5.46. The van der Waals surface area contributed by atoms with Gasteiger partial charge in [0.25, 0.3) is 0 Å². The van der Waals surface area contributed by atoms with Gasteiger partial charge in [0.1, 0.15) is 17.7 Å². The van der Waals surface area contributed by atoms with Crippen molar-refractivity contribution in [2.24, 2.45) is 0 Å². The molecule has 0 saturated carbocycles. The summed E-state index contributed by atoms with van der Waals surface area (Å²) in [7, 11) is 0. The SMILES string of the molecule is Cc1cccc(OC2CN(C(=O)CCl)C2)c1. The fraction of sp³-hybridized carbons (Fsp3) is 0.417. The van der Waals surface area contributed by atoms with Crippen LogP contribution in [-0.4, -0.2) is 35.9 Å². The number of carbonyl (C=O) groups is 1. The van der Waals surface area contributed by atoms with Gasteiger partial charge in [0.05, 0.1) is 13.1 Å². The molecule has 86 valence electrons. The summed E-state index contributed by atoms with van der Waals surface area (Å²) in [6.45, 7) is 3.30. The molecular weight excluding hydrogens is 226 g/mol. The maximum Gasteiger partial charge on any atom is 0.237 e. The first-order valence-corrected chi connectivity index (χ1v) is 5.79. The zero-order valence-corrected chi connectivity index (χ0v) is 9.91. The van der Waals surface area contributed by atoms with E-state index >= 15 is 0 Å². The number of hydrogen-bond acceptors (Lipinski definition) is 2. The molecule has 1 saturated heterocycles. The summed E-state index contributed by atoms with van der Waals surface area (Å²) in [5.41, 5.74) is 1.17. The second kappa shape index (κ2) is 4.74. The summed E-state index contributed by atoms with van der Waals surface area (Å²) < 4.78 is 5.72. The third-order valence-corrected chi connectivity index (χ3v) is 2.84. The number of aryl methyl sites for hydroxylation is 1. The van der Waals surface area contributed by atoms with Crippen molar-refractivity contribution in [2.45, 2.75) is 13.0 Å². The van der Waals surface area contributed by atoms with Crippen molar-refractivity contribution >= 4 is 17.5 Å². The van der Waals surface area contributed by atoms with Crippen LogP contribution in [0.2, 0.25) is 0 Å². The number of ether oxygens (including phenoxy) is 1. The number of rotatable bonds is 3. The number of likely N-dealkylation sites (tertiary alicyclic amines) is 1. The van der Waals surface area contributed by atoms with Crippen molar-refractivity contribution in [1.29, 1.82) is 0 Å². The minimum absolute atomic E-state index is 0.0224. The second-order valence-electron chi connectivity index (χ2n) is 3.99. The summed E-state index contributed by atoms with van der Waals surface area (Å²) in [6, 6.07) is 7.91. The molecule has 1 heterocycles. The van der Waals surface area contributed by atoms with E-state index in [1.165, 1.54) is 5.56 Å². The van der Waals surface area contributed by atoms with Gasteiger partial charge in [-0.05, 0) is 24.6 Å². The number of hydrogen-bond donors (Lipinski definition) is 0. The molecule has 0 spiro atoms. The fourth-order valence-electron chi connectivity index (χ4n) is 1.68. The molecule has 0 atom stereocenters. The lowest BCUT2D eigenvalue weighted by atomic mass is 10.1. The minimum atomic E-state index is -0.0224. The van der Waals surface area contributed by atoms with E-state index in [4.69, 9.17) is 16.3 Å². The molecule has 1 fully saturated rings. The van der Waals surface area contributed by atoms with Crippen molar-refractivity contribution in [2.75, 3.05) is 19.0 Å². The number of alkyl halides is 1. The lowest BCUT2D eigenvalue weighted by Gasteiger charge is -2.38. The van der Waals surface area contributed by atoms with E-state index in [0.717, 1.165) is 5.75 Å². The maximum atomic E-state index is 11.2. The topological polar surface area (TPSA) is 29.5 Å². The van der Waals surface area contributed by atoms with Crippen LogP contribution in [-0.2, 0) is 4.79 Å². The monoisotopic (exact) mass is 239 g/mol. The summed E-state index contributed by atoms with van der Waals surface area (Å²) in [5, 5.41) is 0. The van der Waals surface area contributed by atoms with Gasteiger partial charge in [0.15, 0.2) is 0 Å². The van der Waals surface area contributed by atoms with Gasteiger partial charge in [-0.15, -0.1) is 11.6 Å². The molecule has 0 unspecified atom stereocenters. The number of nitrogens with zero attached hydrogens (tertiary/aromatic N) is 1. The highest BCUT2D eigenvalue weighted by atomic mass is 35.5. The highest BCUT2D eigenvalue weighted by molar-refractivity contribution is 6.27. The molecule has 2 rings (SSSR count). The average Bonchev–Trinajstić information content (AvgIpc) is 2.22. The Hall–Kier alpha value is -1.22. The molecule has 1 amide bonds. The van der Waals surface area contributed by atoms with E-state index in [2.05, 4.69) is 0 Å². The Morgan fingerprint density at radius 3 is 2.94 bits per heavy atom. The Bertz CT molecular complexity index is 388. The summed E-state index contributed by atoms with van der Waals surface area (Å²) in [4.78, 5) is 12.9. The quantitative estimate of drug-likeness (QED) is 0.754. The Morgan fingerprint density at radius 1 is 1.56 bits per heavy atom. The van der Waals surface area contributed by atoms with Gasteiger partial charge in [-0.3, -0.25) is 4.79 Å². The number of carbonyl (C=O) groups excluding carboxylic acids is 1. The number of amides is 1. The number of benzene rings is 1. The molecule has 3 nitrogen and oxygen atoms in total. The minimum Gasteiger partial charge on any atom is -0.487 e.